The summed E-state index contributed by atoms with van der Waals surface area (Å²) in [6, 6.07) is 10.5. The second kappa shape index (κ2) is 5.13. The van der Waals surface area contributed by atoms with Crippen molar-refractivity contribution in [3.05, 3.63) is 47.8 Å². The summed E-state index contributed by atoms with van der Waals surface area (Å²) in [5.41, 5.74) is 8.05. The smallest absolute Gasteiger partial charge is 0.131 e. The summed E-state index contributed by atoms with van der Waals surface area (Å²) in [5.74, 6) is 1.14. The second-order valence-corrected chi connectivity index (χ2v) is 4.82. The summed E-state index contributed by atoms with van der Waals surface area (Å²) in [5, 5.41) is 0. The molecule has 1 aliphatic heterocycles. The quantitative estimate of drug-likeness (QED) is 0.935. The Morgan fingerprint density at radius 1 is 1.30 bits per heavy atom. The predicted molar refractivity (Wildman–Crippen MR) is 75.6 cm³/mol. The van der Waals surface area contributed by atoms with Crippen molar-refractivity contribution < 1.29 is 13.9 Å². The fourth-order valence-corrected chi connectivity index (χ4v) is 2.59. The number of halogens is 1. The molecule has 20 heavy (non-hydrogen) atoms. The lowest BCUT2D eigenvalue weighted by molar-refractivity contribution is 0.242. The molecule has 2 aromatic rings. The molecule has 0 unspecified atom stereocenters. The van der Waals surface area contributed by atoms with Crippen LogP contribution >= 0.6 is 0 Å². The second-order valence-electron chi connectivity index (χ2n) is 4.82. The van der Waals surface area contributed by atoms with E-state index in [9.17, 15) is 4.39 Å². The van der Waals surface area contributed by atoms with Crippen LogP contribution in [-0.2, 0) is 6.42 Å². The molecule has 0 amide bonds. The van der Waals surface area contributed by atoms with Crippen LogP contribution in [0, 0.1) is 5.82 Å². The van der Waals surface area contributed by atoms with Gasteiger partial charge in [-0.25, -0.2) is 4.39 Å². The zero-order chi connectivity index (χ0) is 14.1. The number of ether oxygens (including phenoxy) is 2. The van der Waals surface area contributed by atoms with Crippen LogP contribution in [0.15, 0.2) is 36.4 Å². The van der Waals surface area contributed by atoms with Gasteiger partial charge in [-0.2, -0.15) is 0 Å². The first-order valence-corrected chi connectivity index (χ1v) is 6.55. The van der Waals surface area contributed by atoms with Crippen LogP contribution in [0.25, 0.3) is 11.1 Å². The fourth-order valence-electron chi connectivity index (χ4n) is 2.59. The normalized spacial score (nSPS) is 16.6. The van der Waals surface area contributed by atoms with Gasteiger partial charge in [0.1, 0.15) is 23.4 Å². The first kappa shape index (κ1) is 12.9. The molecule has 104 valence electrons. The molecular formula is C16H16FNO2. The highest BCUT2D eigenvalue weighted by Gasteiger charge is 2.26. The average molecular weight is 273 g/mol. The van der Waals surface area contributed by atoms with Crippen LogP contribution in [0.5, 0.6) is 11.5 Å². The Morgan fingerprint density at radius 2 is 2.10 bits per heavy atom. The van der Waals surface area contributed by atoms with E-state index in [4.69, 9.17) is 15.2 Å². The summed E-state index contributed by atoms with van der Waals surface area (Å²) in [7, 11) is 1.60. The standard InChI is InChI=1S/C16H16FNO2/c1-19-15-5-3-2-4-13(15)14-8-11(17)6-10-7-12(9-18)20-16(10)14/h2-6,8,12H,7,9,18H2,1H3/t12-/m1/s1. The first-order valence-electron chi connectivity index (χ1n) is 6.55. The van der Waals surface area contributed by atoms with Crippen molar-refractivity contribution in [2.24, 2.45) is 5.73 Å². The van der Waals surface area contributed by atoms with Crippen molar-refractivity contribution in [2.45, 2.75) is 12.5 Å². The number of hydrogen-bond donors (Lipinski definition) is 1. The lowest BCUT2D eigenvalue weighted by Gasteiger charge is -2.13. The molecular weight excluding hydrogens is 257 g/mol. The summed E-state index contributed by atoms with van der Waals surface area (Å²) in [6.07, 6.45) is 0.561. The zero-order valence-electron chi connectivity index (χ0n) is 11.2. The number of para-hydroxylation sites is 1. The lowest BCUT2D eigenvalue weighted by Crippen LogP contribution is -2.24. The van der Waals surface area contributed by atoms with E-state index in [1.165, 1.54) is 12.1 Å². The number of methoxy groups -OCH3 is 1. The van der Waals surface area contributed by atoms with E-state index in [1.807, 2.05) is 24.3 Å². The minimum atomic E-state index is -0.272. The Labute approximate surface area is 117 Å². The number of benzene rings is 2. The number of rotatable bonds is 3. The van der Waals surface area contributed by atoms with Gasteiger partial charge < -0.3 is 15.2 Å². The third-order valence-corrected chi connectivity index (χ3v) is 3.52. The maximum Gasteiger partial charge on any atom is 0.131 e. The molecule has 0 aromatic heterocycles. The molecule has 0 fully saturated rings. The van der Waals surface area contributed by atoms with E-state index in [-0.39, 0.29) is 11.9 Å². The minimum Gasteiger partial charge on any atom is -0.496 e. The highest BCUT2D eigenvalue weighted by atomic mass is 19.1. The molecule has 0 aliphatic carbocycles. The monoisotopic (exact) mass is 273 g/mol. The Hall–Kier alpha value is -2.07. The Morgan fingerprint density at radius 3 is 2.85 bits per heavy atom. The van der Waals surface area contributed by atoms with Gasteiger partial charge in [0.25, 0.3) is 0 Å². The van der Waals surface area contributed by atoms with Crippen LogP contribution in [-0.4, -0.2) is 19.8 Å². The van der Waals surface area contributed by atoms with Crippen molar-refractivity contribution in [1.29, 1.82) is 0 Å². The average Bonchev–Trinajstić information content (AvgIpc) is 2.89. The molecule has 1 atom stereocenters. The molecule has 3 rings (SSSR count). The minimum absolute atomic E-state index is 0.0831. The van der Waals surface area contributed by atoms with Gasteiger partial charge in [-0.3, -0.25) is 0 Å². The van der Waals surface area contributed by atoms with E-state index in [0.717, 1.165) is 11.1 Å². The third kappa shape index (κ3) is 2.12. The summed E-state index contributed by atoms with van der Waals surface area (Å²) >= 11 is 0. The van der Waals surface area contributed by atoms with E-state index < -0.39 is 0 Å². The van der Waals surface area contributed by atoms with Gasteiger partial charge in [0.05, 0.1) is 7.11 Å². The van der Waals surface area contributed by atoms with Gasteiger partial charge in [0.2, 0.25) is 0 Å². The molecule has 0 spiro atoms. The van der Waals surface area contributed by atoms with Crippen LogP contribution in [0.3, 0.4) is 0 Å². The topological polar surface area (TPSA) is 44.5 Å². The molecule has 0 saturated carbocycles. The molecule has 0 bridgehead atoms. The van der Waals surface area contributed by atoms with Gasteiger partial charge in [0.15, 0.2) is 0 Å². The van der Waals surface area contributed by atoms with Gasteiger partial charge in [-0.05, 0) is 18.2 Å². The molecule has 0 saturated heterocycles. The van der Waals surface area contributed by atoms with Crippen molar-refractivity contribution in [3.63, 3.8) is 0 Å². The van der Waals surface area contributed by atoms with E-state index >= 15 is 0 Å². The Bertz CT molecular complexity index is 642. The first-order chi connectivity index (χ1) is 9.72. The Balaban J connectivity index is 2.16. The summed E-state index contributed by atoms with van der Waals surface area (Å²) < 4.78 is 25.0. The van der Waals surface area contributed by atoms with Crippen molar-refractivity contribution in [3.8, 4) is 22.6 Å². The van der Waals surface area contributed by atoms with Crippen molar-refractivity contribution in [1.82, 2.24) is 0 Å². The molecule has 3 nitrogen and oxygen atoms in total. The Kier molecular flexibility index (Phi) is 3.32. The molecule has 1 aliphatic rings. The third-order valence-electron chi connectivity index (χ3n) is 3.52. The van der Waals surface area contributed by atoms with Gasteiger partial charge in [-0.1, -0.05) is 18.2 Å². The molecule has 0 radical (unpaired) electrons. The van der Waals surface area contributed by atoms with Gasteiger partial charge in [-0.15, -0.1) is 0 Å². The molecule has 1 heterocycles. The van der Waals surface area contributed by atoms with Crippen molar-refractivity contribution >= 4 is 0 Å². The maximum atomic E-state index is 13.8. The maximum absolute atomic E-state index is 13.8. The molecule has 2 aromatic carbocycles. The number of nitrogens with two attached hydrogens (primary N) is 1. The van der Waals surface area contributed by atoms with Crippen LogP contribution in [0.4, 0.5) is 4.39 Å². The summed E-state index contributed by atoms with van der Waals surface area (Å²) in [4.78, 5) is 0. The SMILES string of the molecule is COc1ccccc1-c1cc(F)cc2c1O[C@@H](CN)C2. The lowest BCUT2D eigenvalue weighted by atomic mass is 9.99. The fraction of sp³-hybridized carbons (Fsp3) is 0.250. The van der Waals surface area contributed by atoms with Gasteiger partial charge >= 0.3 is 0 Å². The van der Waals surface area contributed by atoms with Crippen molar-refractivity contribution in [2.75, 3.05) is 13.7 Å². The number of hydrogen-bond acceptors (Lipinski definition) is 3. The summed E-state index contributed by atoms with van der Waals surface area (Å²) in [6.45, 7) is 0.418. The van der Waals surface area contributed by atoms with Crippen LogP contribution < -0.4 is 15.2 Å². The van der Waals surface area contributed by atoms with Crippen LogP contribution in [0.1, 0.15) is 5.56 Å². The van der Waals surface area contributed by atoms with E-state index in [0.29, 0.717) is 30.0 Å². The van der Waals surface area contributed by atoms with E-state index in [2.05, 4.69) is 0 Å². The zero-order valence-corrected chi connectivity index (χ0v) is 11.2. The highest BCUT2D eigenvalue weighted by molar-refractivity contribution is 5.77. The largest absolute Gasteiger partial charge is 0.496 e. The highest BCUT2D eigenvalue weighted by Crippen LogP contribution is 2.42. The number of fused-ring (bicyclic) bond motifs is 1. The van der Waals surface area contributed by atoms with Crippen LogP contribution in [0.2, 0.25) is 0 Å². The van der Waals surface area contributed by atoms with E-state index in [1.54, 1.807) is 7.11 Å². The molecule has 2 N–H and O–H groups in total. The predicted octanol–water partition coefficient (Wildman–Crippen LogP) is 2.76. The molecule has 4 heteroatoms. The van der Waals surface area contributed by atoms with Gasteiger partial charge in [0, 0.05) is 29.7 Å².